The van der Waals surface area contributed by atoms with Gasteiger partial charge in [0.05, 0.1) is 10.7 Å². The SMILES string of the molecule is CCNC(=NCC(CC)CC)NCCc1csc(C)n1.I. The van der Waals surface area contributed by atoms with Crippen LogP contribution in [0.5, 0.6) is 0 Å². The monoisotopic (exact) mass is 424 g/mol. The molecule has 1 rings (SSSR count). The van der Waals surface area contributed by atoms with Crippen molar-refractivity contribution in [2.75, 3.05) is 19.6 Å². The number of thiazole rings is 1. The molecule has 0 unspecified atom stereocenters. The first-order valence-electron chi connectivity index (χ1n) is 7.62. The number of aliphatic imine (C=N–C) groups is 1. The largest absolute Gasteiger partial charge is 0.357 e. The molecule has 0 fully saturated rings. The Kier molecular flexibility index (Phi) is 12.0. The third-order valence-corrected chi connectivity index (χ3v) is 4.17. The summed E-state index contributed by atoms with van der Waals surface area (Å²) < 4.78 is 0. The number of hydrogen-bond donors (Lipinski definition) is 2. The van der Waals surface area contributed by atoms with Gasteiger partial charge in [-0.3, -0.25) is 4.99 Å². The van der Waals surface area contributed by atoms with E-state index in [4.69, 9.17) is 0 Å². The lowest BCUT2D eigenvalue weighted by Crippen LogP contribution is -2.38. The van der Waals surface area contributed by atoms with Crippen molar-refractivity contribution in [2.45, 2.75) is 47.0 Å². The molecule has 1 aromatic heterocycles. The van der Waals surface area contributed by atoms with E-state index in [2.05, 4.69) is 46.8 Å². The third kappa shape index (κ3) is 8.60. The summed E-state index contributed by atoms with van der Waals surface area (Å²) in [4.78, 5) is 9.14. The summed E-state index contributed by atoms with van der Waals surface area (Å²) in [6.07, 6.45) is 3.33. The molecule has 0 aliphatic heterocycles. The number of guanidine groups is 1. The van der Waals surface area contributed by atoms with Gasteiger partial charge in [-0.1, -0.05) is 26.7 Å². The lowest BCUT2D eigenvalue weighted by Gasteiger charge is -2.13. The second-order valence-electron chi connectivity index (χ2n) is 4.94. The van der Waals surface area contributed by atoms with Gasteiger partial charge in [-0.05, 0) is 19.8 Å². The molecule has 0 saturated carbocycles. The molecule has 0 atom stereocenters. The van der Waals surface area contributed by atoms with Gasteiger partial charge >= 0.3 is 0 Å². The molecule has 0 spiro atoms. The van der Waals surface area contributed by atoms with Crippen molar-refractivity contribution in [3.05, 3.63) is 16.1 Å². The molecule has 2 N–H and O–H groups in total. The summed E-state index contributed by atoms with van der Waals surface area (Å²) in [6.45, 7) is 11.3. The van der Waals surface area contributed by atoms with E-state index in [0.717, 1.165) is 42.7 Å². The van der Waals surface area contributed by atoms with Crippen LogP contribution in [-0.4, -0.2) is 30.6 Å². The summed E-state index contributed by atoms with van der Waals surface area (Å²) in [6, 6.07) is 0. The van der Waals surface area contributed by atoms with Crippen molar-refractivity contribution in [1.29, 1.82) is 0 Å². The van der Waals surface area contributed by atoms with Crippen molar-refractivity contribution in [1.82, 2.24) is 15.6 Å². The molecule has 1 heterocycles. The quantitative estimate of drug-likeness (QED) is 0.381. The van der Waals surface area contributed by atoms with Crippen LogP contribution in [0.1, 0.15) is 44.3 Å². The molecule has 1 aromatic rings. The normalized spacial score (nSPS) is 11.4. The van der Waals surface area contributed by atoms with Crippen molar-refractivity contribution in [2.24, 2.45) is 10.9 Å². The molecule has 0 bridgehead atoms. The summed E-state index contributed by atoms with van der Waals surface area (Å²) in [5.74, 6) is 1.61. The predicted molar refractivity (Wildman–Crippen MR) is 104 cm³/mol. The van der Waals surface area contributed by atoms with Gasteiger partial charge in [0.2, 0.25) is 0 Å². The van der Waals surface area contributed by atoms with E-state index in [1.165, 1.54) is 12.8 Å². The molecule has 122 valence electrons. The molecule has 4 nitrogen and oxygen atoms in total. The Morgan fingerprint density at radius 1 is 1.29 bits per heavy atom. The third-order valence-electron chi connectivity index (χ3n) is 3.35. The fraction of sp³-hybridized carbons (Fsp3) is 0.733. The van der Waals surface area contributed by atoms with Crippen molar-refractivity contribution < 1.29 is 0 Å². The molecular weight excluding hydrogens is 395 g/mol. The van der Waals surface area contributed by atoms with Crippen LogP contribution >= 0.6 is 35.3 Å². The number of aromatic nitrogens is 1. The Hall–Kier alpha value is -0.370. The first-order valence-corrected chi connectivity index (χ1v) is 8.50. The number of rotatable bonds is 8. The predicted octanol–water partition coefficient (Wildman–Crippen LogP) is 3.60. The smallest absolute Gasteiger partial charge is 0.191 e. The number of hydrogen-bond acceptors (Lipinski definition) is 3. The van der Waals surface area contributed by atoms with Crippen LogP contribution in [0.2, 0.25) is 0 Å². The molecule has 21 heavy (non-hydrogen) atoms. The number of halogens is 1. The van der Waals surface area contributed by atoms with Crippen molar-refractivity contribution in [3.63, 3.8) is 0 Å². The van der Waals surface area contributed by atoms with Crippen LogP contribution in [0.15, 0.2) is 10.4 Å². The zero-order valence-corrected chi connectivity index (χ0v) is 16.8. The zero-order chi connectivity index (χ0) is 14.8. The van der Waals surface area contributed by atoms with Gasteiger partial charge in [-0.25, -0.2) is 4.98 Å². The lowest BCUT2D eigenvalue weighted by atomic mass is 10.0. The molecule has 6 heteroatoms. The molecular formula is C15H29IN4S. The Labute approximate surface area is 150 Å². The van der Waals surface area contributed by atoms with Gasteiger partial charge < -0.3 is 10.6 Å². The van der Waals surface area contributed by atoms with E-state index in [0.29, 0.717) is 5.92 Å². The van der Waals surface area contributed by atoms with Gasteiger partial charge in [-0.2, -0.15) is 0 Å². The maximum atomic E-state index is 4.67. The Balaban J connectivity index is 0.00000400. The Morgan fingerprint density at radius 3 is 2.52 bits per heavy atom. The molecule has 0 saturated heterocycles. The standard InChI is InChI=1S/C15H28N4S.HI/c1-5-13(6-2)10-18-15(16-7-3)17-9-8-14-11-20-12(4)19-14;/h11,13H,5-10H2,1-4H3,(H2,16,17,18);1H. The summed E-state index contributed by atoms with van der Waals surface area (Å²) in [5.41, 5.74) is 1.16. The maximum Gasteiger partial charge on any atom is 0.191 e. The highest BCUT2D eigenvalue weighted by Gasteiger charge is 2.04. The van der Waals surface area contributed by atoms with Gasteiger partial charge in [0.25, 0.3) is 0 Å². The van der Waals surface area contributed by atoms with Crippen LogP contribution in [0.4, 0.5) is 0 Å². The van der Waals surface area contributed by atoms with Crippen LogP contribution in [0.3, 0.4) is 0 Å². The topological polar surface area (TPSA) is 49.3 Å². The van der Waals surface area contributed by atoms with Crippen LogP contribution in [0, 0.1) is 12.8 Å². The van der Waals surface area contributed by atoms with E-state index >= 15 is 0 Å². The molecule has 0 amide bonds. The van der Waals surface area contributed by atoms with E-state index in [9.17, 15) is 0 Å². The van der Waals surface area contributed by atoms with E-state index in [1.54, 1.807) is 11.3 Å². The average Bonchev–Trinajstić information content (AvgIpc) is 2.85. The molecule has 0 aliphatic carbocycles. The van der Waals surface area contributed by atoms with Crippen molar-refractivity contribution in [3.8, 4) is 0 Å². The number of aryl methyl sites for hydroxylation is 1. The van der Waals surface area contributed by atoms with Gasteiger partial charge in [0.15, 0.2) is 5.96 Å². The van der Waals surface area contributed by atoms with Crippen LogP contribution < -0.4 is 10.6 Å². The highest BCUT2D eigenvalue weighted by molar-refractivity contribution is 14.0. The average molecular weight is 424 g/mol. The Morgan fingerprint density at radius 2 is 2.00 bits per heavy atom. The van der Waals surface area contributed by atoms with E-state index in [1.807, 2.05) is 6.92 Å². The van der Waals surface area contributed by atoms with Crippen LogP contribution in [0.25, 0.3) is 0 Å². The minimum atomic E-state index is 0. The number of nitrogens with one attached hydrogen (secondary N) is 2. The molecule has 0 radical (unpaired) electrons. The maximum absolute atomic E-state index is 4.67. The highest BCUT2D eigenvalue weighted by atomic mass is 127. The summed E-state index contributed by atoms with van der Waals surface area (Å²) in [7, 11) is 0. The van der Waals surface area contributed by atoms with E-state index < -0.39 is 0 Å². The second kappa shape index (κ2) is 12.2. The molecule has 0 aromatic carbocycles. The fourth-order valence-electron chi connectivity index (χ4n) is 1.94. The van der Waals surface area contributed by atoms with Crippen LogP contribution in [-0.2, 0) is 6.42 Å². The van der Waals surface area contributed by atoms with Crippen molar-refractivity contribution >= 4 is 41.3 Å². The highest BCUT2D eigenvalue weighted by Crippen LogP contribution is 2.08. The minimum Gasteiger partial charge on any atom is -0.357 e. The Bertz CT molecular complexity index is 402. The van der Waals surface area contributed by atoms with Gasteiger partial charge in [0, 0.05) is 31.4 Å². The van der Waals surface area contributed by atoms with E-state index in [-0.39, 0.29) is 24.0 Å². The fourth-order valence-corrected chi connectivity index (χ4v) is 2.59. The summed E-state index contributed by atoms with van der Waals surface area (Å²) in [5, 5.41) is 9.95. The lowest BCUT2D eigenvalue weighted by molar-refractivity contribution is 0.504. The number of nitrogens with zero attached hydrogens (tertiary/aromatic N) is 2. The summed E-state index contributed by atoms with van der Waals surface area (Å²) >= 11 is 1.71. The minimum absolute atomic E-state index is 0. The van der Waals surface area contributed by atoms with Gasteiger partial charge in [0.1, 0.15) is 0 Å². The zero-order valence-electron chi connectivity index (χ0n) is 13.6. The first kappa shape index (κ1) is 20.6. The second-order valence-corrected chi connectivity index (χ2v) is 6.00. The first-order chi connectivity index (χ1) is 9.69. The van der Waals surface area contributed by atoms with Gasteiger partial charge in [-0.15, -0.1) is 35.3 Å². The molecule has 0 aliphatic rings.